The molecular weight excluding hydrogens is 354 g/mol. The molecule has 0 atom stereocenters. The van der Waals surface area contributed by atoms with Gasteiger partial charge in [-0.2, -0.15) is 4.98 Å². The summed E-state index contributed by atoms with van der Waals surface area (Å²) in [6, 6.07) is 12.2. The van der Waals surface area contributed by atoms with E-state index >= 15 is 0 Å². The Morgan fingerprint density at radius 1 is 1.12 bits per heavy atom. The summed E-state index contributed by atoms with van der Waals surface area (Å²) in [4.78, 5) is 4.24. The molecular formula is C18H19N3O4S. The summed E-state index contributed by atoms with van der Waals surface area (Å²) in [5, 5.41) is 3.84. The molecule has 3 rings (SSSR count). The van der Waals surface area contributed by atoms with Gasteiger partial charge >= 0.3 is 0 Å². The minimum absolute atomic E-state index is 0.0999. The zero-order valence-electron chi connectivity index (χ0n) is 14.7. The fourth-order valence-electron chi connectivity index (χ4n) is 2.41. The number of hydrogen-bond acceptors (Lipinski definition) is 6. The van der Waals surface area contributed by atoms with Gasteiger partial charge in [0.05, 0.1) is 17.6 Å². The van der Waals surface area contributed by atoms with Crippen molar-refractivity contribution in [2.45, 2.75) is 25.3 Å². The van der Waals surface area contributed by atoms with Crippen LogP contribution < -0.4 is 9.46 Å². The fraction of sp³-hybridized carbons (Fsp3) is 0.222. The second-order valence-corrected chi connectivity index (χ2v) is 7.58. The third-order valence-electron chi connectivity index (χ3n) is 3.84. The highest BCUT2D eigenvalue weighted by molar-refractivity contribution is 7.89. The average Bonchev–Trinajstić information content (AvgIpc) is 3.07. The van der Waals surface area contributed by atoms with Crippen LogP contribution in [0.4, 0.5) is 0 Å². The second kappa shape index (κ2) is 7.27. The van der Waals surface area contributed by atoms with Crippen molar-refractivity contribution in [3.63, 3.8) is 0 Å². The molecule has 0 saturated carbocycles. The van der Waals surface area contributed by atoms with E-state index in [4.69, 9.17) is 9.26 Å². The molecule has 3 aromatic rings. The monoisotopic (exact) mass is 373 g/mol. The largest absolute Gasteiger partial charge is 0.496 e. The lowest BCUT2D eigenvalue weighted by Crippen LogP contribution is -2.23. The van der Waals surface area contributed by atoms with Crippen LogP contribution in [0.2, 0.25) is 0 Å². The molecule has 1 N–H and O–H groups in total. The Morgan fingerprint density at radius 3 is 2.46 bits per heavy atom. The normalized spacial score (nSPS) is 11.5. The maximum absolute atomic E-state index is 12.6. The molecule has 0 spiro atoms. The highest BCUT2D eigenvalue weighted by Crippen LogP contribution is 2.30. The molecule has 26 heavy (non-hydrogen) atoms. The van der Waals surface area contributed by atoms with Crippen molar-refractivity contribution >= 4 is 10.0 Å². The standard InChI is InChI=1S/C18H19N3O4S/c1-12-4-6-14(7-5-12)11-19-26(22,23)15-8-9-17(24-3)16(10-15)18-20-13(2)25-21-18/h4-10,19H,11H2,1-3H3. The molecule has 0 radical (unpaired) electrons. The lowest BCUT2D eigenvalue weighted by molar-refractivity contribution is 0.392. The first-order chi connectivity index (χ1) is 12.4. The third kappa shape index (κ3) is 3.92. The number of aryl methyl sites for hydroxylation is 2. The second-order valence-electron chi connectivity index (χ2n) is 5.81. The highest BCUT2D eigenvalue weighted by atomic mass is 32.2. The van der Waals surface area contributed by atoms with Gasteiger partial charge in [0.15, 0.2) is 0 Å². The van der Waals surface area contributed by atoms with Crippen LogP contribution in [0.25, 0.3) is 11.4 Å². The number of sulfonamides is 1. The minimum Gasteiger partial charge on any atom is -0.496 e. The summed E-state index contributed by atoms with van der Waals surface area (Å²) in [5.74, 6) is 1.12. The predicted octanol–water partition coefficient (Wildman–Crippen LogP) is 2.84. The first-order valence-electron chi connectivity index (χ1n) is 7.93. The molecule has 136 valence electrons. The number of ether oxygens (including phenoxy) is 1. The van der Waals surface area contributed by atoms with E-state index in [1.54, 1.807) is 13.0 Å². The summed E-state index contributed by atoms with van der Waals surface area (Å²) in [6.07, 6.45) is 0. The van der Waals surface area contributed by atoms with E-state index in [9.17, 15) is 8.42 Å². The summed E-state index contributed by atoms with van der Waals surface area (Å²) in [6.45, 7) is 3.84. The van der Waals surface area contributed by atoms with Crippen LogP contribution in [0.3, 0.4) is 0 Å². The molecule has 1 heterocycles. The van der Waals surface area contributed by atoms with E-state index in [1.165, 1.54) is 19.2 Å². The zero-order chi connectivity index (χ0) is 18.7. The number of aromatic nitrogens is 2. The van der Waals surface area contributed by atoms with Crippen molar-refractivity contribution in [3.8, 4) is 17.1 Å². The number of nitrogens with one attached hydrogen (secondary N) is 1. The van der Waals surface area contributed by atoms with Gasteiger partial charge in [0, 0.05) is 13.5 Å². The van der Waals surface area contributed by atoms with Crippen LogP contribution in [-0.4, -0.2) is 25.7 Å². The Hall–Kier alpha value is -2.71. The first kappa shape index (κ1) is 18.1. The van der Waals surface area contributed by atoms with Crippen molar-refractivity contribution in [1.82, 2.24) is 14.9 Å². The quantitative estimate of drug-likeness (QED) is 0.714. The first-order valence-corrected chi connectivity index (χ1v) is 9.41. The summed E-state index contributed by atoms with van der Waals surface area (Å²) in [5.41, 5.74) is 2.44. The van der Waals surface area contributed by atoms with E-state index in [1.807, 2.05) is 31.2 Å². The number of methoxy groups -OCH3 is 1. The van der Waals surface area contributed by atoms with Crippen LogP contribution in [0.15, 0.2) is 51.9 Å². The average molecular weight is 373 g/mol. The number of benzene rings is 2. The van der Waals surface area contributed by atoms with Crippen LogP contribution in [-0.2, 0) is 16.6 Å². The van der Waals surface area contributed by atoms with Gasteiger partial charge in [-0.05, 0) is 30.7 Å². The van der Waals surface area contributed by atoms with Crippen molar-refractivity contribution < 1.29 is 17.7 Å². The Balaban J connectivity index is 1.88. The Labute approximate surface area is 152 Å². The van der Waals surface area contributed by atoms with Gasteiger partial charge in [0.1, 0.15) is 5.75 Å². The van der Waals surface area contributed by atoms with Gasteiger partial charge < -0.3 is 9.26 Å². The van der Waals surface area contributed by atoms with E-state index in [0.29, 0.717) is 17.2 Å². The van der Waals surface area contributed by atoms with E-state index in [2.05, 4.69) is 14.9 Å². The summed E-state index contributed by atoms with van der Waals surface area (Å²) < 4.78 is 38.1. The molecule has 0 saturated heterocycles. The lowest BCUT2D eigenvalue weighted by atomic mass is 10.2. The topological polar surface area (TPSA) is 94.3 Å². The zero-order valence-corrected chi connectivity index (χ0v) is 15.5. The summed E-state index contributed by atoms with van der Waals surface area (Å²) in [7, 11) is -2.21. The van der Waals surface area contributed by atoms with Gasteiger partial charge in [0.2, 0.25) is 21.7 Å². The molecule has 2 aromatic carbocycles. The van der Waals surface area contributed by atoms with Crippen molar-refractivity contribution in [1.29, 1.82) is 0 Å². The lowest BCUT2D eigenvalue weighted by Gasteiger charge is -2.10. The van der Waals surface area contributed by atoms with E-state index in [0.717, 1.165) is 11.1 Å². The van der Waals surface area contributed by atoms with Crippen molar-refractivity contribution in [3.05, 3.63) is 59.5 Å². The predicted molar refractivity (Wildman–Crippen MR) is 96.2 cm³/mol. The summed E-state index contributed by atoms with van der Waals surface area (Å²) >= 11 is 0. The van der Waals surface area contributed by atoms with Gasteiger partial charge in [-0.25, -0.2) is 13.1 Å². The maximum atomic E-state index is 12.6. The maximum Gasteiger partial charge on any atom is 0.240 e. The molecule has 0 bridgehead atoms. The van der Waals surface area contributed by atoms with Crippen LogP contribution in [0.1, 0.15) is 17.0 Å². The minimum atomic E-state index is -3.71. The number of nitrogens with zero attached hydrogens (tertiary/aromatic N) is 2. The van der Waals surface area contributed by atoms with Gasteiger partial charge in [-0.15, -0.1) is 0 Å². The van der Waals surface area contributed by atoms with Crippen LogP contribution in [0, 0.1) is 13.8 Å². The van der Waals surface area contributed by atoms with Crippen LogP contribution in [0.5, 0.6) is 5.75 Å². The fourth-order valence-corrected chi connectivity index (χ4v) is 3.45. The van der Waals surface area contributed by atoms with Crippen molar-refractivity contribution in [2.75, 3.05) is 7.11 Å². The molecule has 0 fully saturated rings. The third-order valence-corrected chi connectivity index (χ3v) is 5.24. The van der Waals surface area contributed by atoms with Gasteiger partial charge in [0.25, 0.3) is 0 Å². The molecule has 0 aliphatic carbocycles. The highest BCUT2D eigenvalue weighted by Gasteiger charge is 2.19. The molecule has 0 aliphatic rings. The molecule has 8 heteroatoms. The van der Waals surface area contributed by atoms with Crippen molar-refractivity contribution in [2.24, 2.45) is 0 Å². The Morgan fingerprint density at radius 2 is 1.85 bits per heavy atom. The Kier molecular flexibility index (Phi) is 5.06. The number of hydrogen-bond donors (Lipinski definition) is 1. The van der Waals surface area contributed by atoms with E-state index < -0.39 is 10.0 Å². The van der Waals surface area contributed by atoms with E-state index in [-0.39, 0.29) is 17.3 Å². The van der Waals surface area contributed by atoms with Gasteiger partial charge in [-0.3, -0.25) is 0 Å². The molecule has 1 aromatic heterocycles. The van der Waals surface area contributed by atoms with Gasteiger partial charge in [-0.1, -0.05) is 35.0 Å². The SMILES string of the molecule is COc1ccc(S(=O)(=O)NCc2ccc(C)cc2)cc1-c1noc(C)n1. The molecule has 0 amide bonds. The smallest absolute Gasteiger partial charge is 0.240 e. The molecule has 0 unspecified atom stereocenters. The molecule has 7 nitrogen and oxygen atoms in total. The number of rotatable bonds is 6. The van der Waals surface area contributed by atoms with Crippen LogP contribution >= 0.6 is 0 Å². The Bertz CT molecular complexity index is 1010. The molecule has 0 aliphatic heterocycles.